The third-order valence-corrected chi connectivity index (χ3v) is 12.6. The number of rotatable bonds is 12. The van der Waals surface area contributed by atoms with Gasteiger partial charge in [-0.1, -0.05) is 66.7 Å². The summed E-state index contributed by atoms with van der Waals surface area (Å²) in [5.74, 6) is -3.05. The molecule has 3 saturated heterocycles. The minimum Gasteiger partial charge on any atom is -0.460 e. The molecule has 8 rings (SSSR count). The van der Waals surface area contributed by atoms with E-state index in [1.54, 1.807) is 32.9 Å². The number of ether oxygens (including phenoxy) is 4. The minimum atomic E-state index is -1.51. The quantitative estimate of drug-likeness (QED) is 0.200. The van der Waals surface area contributed by atoms with Gasteiger partial charge in [0.25, 0.3) is 0 Å². The van der Waals surface area contributed by atoms with Gasteiger partial charge in [0.15, 0.2) is 11.8 Å². The number of aliphatic hydroxyl groups is 1. The fourth-order valence-electron chi connectivity index (χ4n) is 9.46. The lowest BCUT2D eigenvalue weighted by Gasteiger charge is -2.50. The summed E-state index contributed by atoms with van der Waals surface area (Å²) in [6.07, 6.45) is -1.88. The Balaban J connectivity index is 1.12. The first-order chi connectivity index (χ1) is 27.7. The van der Waals surface area contributed by atoms with Crippen LogP contribution in [0.5, 0.6) is 0 Å². The molecule has 1 spiro atoms. The van der Waals surface area contributed by atoms with Crippen LogP contribution in [0.2, 0.25) is 0 Å². The third-order valence-electron chi connectivity index (χ3n) is 12.0. The second-order valence-electron chi connectivity index (χ2n) is 17.2. The summed E-state index contributed by atoms with van der Waals surface area (Å²) < 4.78 is 26.3. The zero-order valence-corrected chi connectivity index (χ0v) is 35.3. The van der Waals surface area contributed by atoms with Crippen LogP contribution in [-0.2, 0) is 68.8 Å². The number of carbonyl (C=O) groups excluding carboxylic acids is 4. The summed E-state index contributed by atoms with van der Waals surface area (Å²) in [5, 5.41) is 14.8. The average Bonchev–Trinajstić information content (AvgIpc) is 3.86. The molecule has 58 heavy (non-hydrogen) atoms. The van der Waals surface area contributed by atoms with Crippen molar-refractivity contribution >= 4 is 46.3 Å². The van der Waals surface area contributed by atoms with Crippen LogP contribution in [0.25, 0.3) is 0 Å². The van der Waals surface area contributed by atoms with E-state index in [4.69, 9.17) is 23.8 Å². The molecule has 308 valence electrons. The molecule has 2 aliphatic carbocycles. The van der Waals surface area contributed by atoms with Gasteiger partial charge in [0, 0.05) is 42.7 Å². The van der Waals surface area contributed by atoms with Gasteiger partial charge in [-0.25, -0.2) is 0 Å². The first-order valence-electron chi connectivity index (χ1n) is 19.9. The van der Waals surface area contributed by atoms with Crippen LogP contribution in [0.3, 0.4) is 0 Å². The lowest BCUT2D eigenvalue weighted by molar-refractivity contribution is -0.218. The fourth-order valence-corrected chi connectivity index (χ4v) is 10.1. The van der Waals surface area contributed by atoms with Gasteiger partial charge in [0.05, 0.1) is 19.2 Å². The Bertz CT molecular complexity index is 2030. The zero-order valence-electron chi connectivity index (χ0n) is 33.1. The number of carbonyl (C=O) groups is 4. The molecule has 3 heterocycles. The monoisotopic (exact) mass is 907 g/mol. The second kappa shape index (κ2) is 15.9. The molecule has 0 unspecified atom stereocenters. The standard InChI is InChI=1S/C44H50IN3O10/c1-42(2,3)55-34(50)18-17-31(25-49)46-39(51)32(20-26-11-6-5-7-12-26)47(4)41(53)44-23-33-35-36(57-43(56-35)21-28-14-8-9-15-29(28)22-43)38(44)58-48(37(44)40(52)54-33)24-27-13-10-16-30(45)19-27/h5-16,19,31-33,35-38,49H,17-18,20-25H2,1-4H3,(H,46,51)/t31-,32+,33+,35-,36-,37-,38+,44-/m0/s1. The highest BCUT2D eigenvalue weighted by atomic mass is 127. The van der Waals surface area contributed by atoms with E-state index in [9.17, 15) is 19.5 Å². The van der Waals surface area contributed by atoms with Crippen molar-refractivity contribution < 1.29 is 48.1 Å². The van der Waals surface area contributed by atoms with Crippen molar-refractivity contribution in [3.8, 4) is 0 Å². The molecule has 5 aliphatic rings. The van der Waals surface area contributed by atoms with Crippen LogP contribution in [0, 0.1) is 8.99 Å². The largest absolute Gasteiger partial charge is 0.460 e. The first kappa shape index (κ1) is 40.8. The predicted molar refractivity (Wildman–Crippen MR) is 217 cm³/mol. The van der Waals surface area contributed by atoms with Crippen LogP contribution in [0.1, 0.15) is 62.3 Å². The molecule has 8 atom stereocenters. The molecular formula is C44H50IN3O10. The minimum absolute atomic E-state index is 0.0261. The number of esters is 2. The van der Waals surface area contributed by atoms with Crippen LogP contribution in [0.4, 0.5) is 0 Å². The van der Waals surface area contributed by atoms with Crippen LogP contribution in [0.15, 0.2) is 78.9 Å². The number of halogens is 1. The summed E-state index contributed by atoms with van der Waals surface area (Å²) in [7, 11) is 1.57. The summed E-state index contributed by atoms with van der Waals surface area (Å²) in [6.45, 7) is 5.07. The molecule has 3 aromatic rings. The predicted octanol–water partition coefficient (Wildman–Crippen LogP) is 4.04. The maximum atomic E-state index is 15.6. The Hall–Kier alpha value is -3.93. The summed E-state index contributed by atoms with van der Waals surface area (Å²) in [4.78, 5) is 65.2. The van der Waals surface area contributed by atoms with E-state index in [2.05, 4.69) is 40.0 Å². The van der Waals surface area contributed by atoms with Gasteiger partial charge in [-0.2, -0.15) is 5.06 Å². The van der Waals surface area contributed by atoms with Crippen molar-refractivity contribution in [2.75, 3.05) is 13.7 Å². The molecule has 2 N–H and O–H groups in total. The maximum absolute atomic E-state index is 15.6. The molecule has 13 nitrogen and oxygen atoms in total. The average molecular weight is 908 g/mol. The number of nitrogens with zero attached hydrogens (tertiary/aromatic N) is 2. The second-order valence-corrected chi connectivity index (χ2v) is 18.4. The SMILES string of the molecule is CN(C(=O)[C@@]12C[C@H]3OC(=O)[C@@H]1N(Cc1cccc(I)c1)O[C@@H]2[C@H]1OC2(Cc4ccccc4C2)O[C@H]13)[C@H](Cc1ccccc1)C(=O)N[C@H](CO)CCC(=O)OC(C)(C)C. The zero-order chi connectivity index (χ0) is 41.0. The van der Waals surface area contributed by atoms with Crippen molar-refractivity contribution in [3.63, 3.8) is 0 Å². The number of amides is 2. The number of likely N-dealkylation sites (N-methyl/N-ethyl adjacent to an activating group) is 1. The highest BCUT2D eigenvalue weighted by molar-refractivity contribution is 14.1. The Kier molecular flexibility index (Phi) is 11.2. The summed E-state index contributed by atoms with van der Waals surface area (Å²) >= 11 is 2.23. The Morgan fingerprint density at radius 3 is 2.33 bits per heavy atom. The van der Waals surface area contributed by atoms with Gasteiger partial charge in [0.1, 0.15) is 41.5 Å². The van der Waals surface area contributed by atoms with Crippen molar-refractivity contribution in [1.82, 2.24) is 15.3 Å². The molecule has 14 heteroatoms. The van der Waals surface area contributed by atoms with E-state index in [0.717, 1.165) is 25.8 Å². The summed E-state index contributed by atoms with van der Waals surface area (Å²) in [5.41, 5.74) is 1.70. The van der Waals surface area contributed by atoms with Crippen molar-refractivity contribution in [1.29, 1.82) is 0 Å². The third kappa shape index (κ3) is 7.79. The highest BCUT2D eigenvalue weighted by Gasteiger charge is 2.77. The molecule has 4 fully saturated rings. The highest BCUT2D eigenvalue weighted by Crippen LogP contribution is 2.59. The van der Waals surface area contributed by atoms with Gasteiger partial charge in [-0.15, -0.1) is 0 Å². The normalized spacial score (nSPS) is 27.6. The van der Waals surface area contributed by atoms with Crippen molar-refractivity contribution in [3.05, 3.63) is 105 Å². The van der Waals surface area contributed by atoms with E-state index in [1.165, 1.54) is 4.90 Å². The van der Waals surface area contributed by atoms with Gasteiger partial charge < -0.3 is 34.3 Å². The van der Waals surface area contributed by atoms with E-state index in [1.807, 2.05) is 66.7 Å². The fraction of sp³-hybridized carbons (Fsp3) is 0.500. The van der Waals surface area contributed by atoms with E-state index >= 15 is 4.79 Å². The van der Waals surface area contributed by atoms with Gasteiger partial charge in [0.2, 0.25) is 11.8 Å². The smallest absolute Gasteiger partial charge is 0.327 e. The number of hydrogen-bond acceptors (Lipinski definition) is 11. The number of hydroxylamine groups is 2. The molecule has 0 radical (unpaired) electrons. The molecule has 2 bridgehead atoms. The molecule has 3 aliphatic heterocycles. The first-order valence-corrected chi connectivity index (χ1v) is 21.0. The molecule has 2 amide bonds. The van der Waals surface area contributed by atoms with Gasteiger partial charge >= 0.3 is 11.9 Å². The van der Waals surface area contributed by atoms with E-state index in [0.29, 0.717) is 12.8 Å². The maximum Gasteiger partial charge on any atom is 0.327 e. The molecular weight excluding hydrogens is 857 g/mol. The Morgan fingerprint density at radius 1 is 0.983 bits per heavy atom. The molecule has 0 aromatic heterocycles. The van der Waals surface area contributed by atoms with Crippen molar-refractivity contribution in [2.45, 2.75) is 120 Å². The Morgan fingerprint density at radius 2 is 1.66 bits per heavy atom. The van der Waals surface area contributed by atoms with Gasteiger partial charge in [-0.05, 0) is 84.2 Å². The number of aliphatic hydroxyl groups excluding tert-OH is 1. The van der Waals surface area contributed by atoms with Crippen LogP contribution >= 0.6 is 22.6 Å². The lowest BCUT2D eigenvalue weighted by Crippen LogP contribution is -2.70. The lowest BCUT2D eigenvalue weighted by atomic mass is 9.62. The molecule has 3 aromatic carbocycles. The van der Waals surface area contributed by atoms with Gasteiger partial charge in [-0.3, -0.25) is 24.0 Å². The van der Waals surface area contributed by atoms with E-state index in [-0.39, 0.29) is 32.2 Å². The van der Waals surface area contributed by atoms with E-state index < -0.39 is 89.7 Å². The number of hydrogen-bond donors (Lipinski definition) is 2. The summed E-state index contributed by atoms with van der Waals surface area (Å²) in [6, 6.07) is 22.2. The number of benzene rings is 3. The van der Waals surface area contributed by atoms with Crippen LogP contribution < -0.4 is 5.32 Å². The Labute approximate surface area is 351 Å². The topological polar surface area (TPSA) is 153 Å². The van der Waals surface area contributed by atoms with Crippen LogP contribution in [-0.4, -0.2) is 106 Å². The number of fused-ring (bicyclic) bond motifs is 5. The number of nitrogens with one attached hydrogen (secondary N) is 1. The van der Waals surface area contributed by atoms with Crippen molar-refractivity contribution in [2.24, 2.45) is 5.41 Å². The molecule has 1 saturated carbocycles.